The highest BCUT2D eigenvalue weighted by Gasteiger charge is 2.68. The summed E-state index contributed by atoms with van der Waals surface area (Å²) in [7, 11) is 5.31. The first-order valence-electron chi connectivity index (χ1n) is 10.5. The van der Waals surface area contributed by atoms with Gasteiger partial charge in [0.1, 0.15) is 5.75 Å². The maximum absolute atomic E-state index is 14.2. The van der Waals surface area contributed by atoms with Gasteiger partial charge in [0.25, 0.3) is 17.5 Å². The minimum Gasteiger partial charge on any atom is -0.497 e. The van der Waals surface area contributed by atoms with E-state index < -0.39 is 29.7 Å². The van der Waals surface area contributed by atoms with E-state index in [9.17, 15) is 27.6 Å². The van der Waals surface area contributed by atoms with E-state index in [1.165, 1.54) is 28.4 Å². The van der Waals surface area contributed by atoms with Crippen LogP contribution in [0.4, 0.5) is 18.0 Å². The Morgan fingerprint density at radius 2 is 1.56 bits per heavy atom. The molecule has 4 amide bonds. The third-order valence-electron chi connectivity index (χ3n) is 5.54. The number of amides is 4. The molecule has 0 saturated carbocycles. The number of alkyl halides is 3. The third kappa shape index (κ3) is 4.81. The molecule has 2 aromatic rings. The quantitative estimate of drug-likeness (QED) is 0.497. The molecule has 1 aliphatic rings. The first-order chi connectivity index (χ1) is 17.0. The zero-order valence-electron chi connectivity index (χ0n) is 19.8. The van der Waals surface area contributed by atoms with Gasteiger partial charge in [-0.3, -0.25) is 19.8 Å². The van der Waals surface area contributed by atoms with Crippen LogP contribution in [0.15, 0.2) is 36.4 Å². The Morgan fingerprint density at radius 3 is 2.03 bits per heavy atom. The van der Waals surface area contributed by atoms with Crippen LogP contribution in [-0.2, 0) is 11.2 Å². The van der Waals surface area contributed by atoms with Crippen molar-refractivity contribution in [3.63, 3.8) is 0 Å². The normalized spacial score (nSPS) is 17.5. The number of methoxy groups -OCH3 is 4. The number of ether oxygens (including phenoxy) is 4. The van der Waals surface area contributed by atoms with Gasteiger partial charge in [-0.2, -0.15) is 13.2 Å². The van der Waals surface area contributed by atoms with Gasteiger partial charge in [-0.1, -0.05) is 12.1 Å². The molecule has 1 fully saturated rings. The van der Waals surface area contributed by atoms with Gasteiger partial charge in [0, 0.05) is 12.1 Å². The molecule has 3 rings (SSSR count). The van der Waals surface area contributed by atoms with Crippen LogP contribution in [0.1, 0.15) is 15.9 Å². The van der Waals surface area contributed by atoms with E-state index in [0.29, 0.717) is 16.2 Å². The van der Waals surface area contributed by atoms with E-state index in [-0.39, 0.29) is 35.8 Å². The van der Waals surface area contributed by atoms with Crippen LogP contribution in [0.2, 0.25) is 0 Å². The fourth-order valence-electron chi connectivity index (χ4n) is 3.61. The van der Waals surface area contributed by atoms with Crippen molar-refractivity contribution in [3.8, 4) is 23.0 Å². The maximum atomic E-state index is 14.2. The second-order valence-corrected chi connectivity index (χ2v) is 7.60. The molecule has 10 nitrogen and oxygen atoms in total. The van der Waals surface area contributed by atoms with Gasteiger partial charge in [-0.15, -0.1) is 0 Å². The Labute approximate surface area is 204 Å². The Bertz CT molecular complexity index is 1130. The Morgan fingerprint density at radius 1 is 0.972 bits per heavy atom. The smallest absolute Gasteiger partial charge is 0.440 e. The molecule has 0 unspecified atom stereocenters. The van der Waals surface area contributed by atoms with Gasteiger partial charge < -0.3 is 24.3 Å². The number of imide groups is 1. The molecule has 2 N–H and O–H groups in total. The van der Waals surface area contributed by atoms with Gasteiger partial charge in [0.05, 0.1) is 28.4 Å². The van der Waals surface area contributed by atoms with Gasteiger partial charge >= 0.3 is 12.2 Å². The van der Waals surface area contributed by atoms with Crippen molar-refractivity contribution in [2.45, 2.75) is 18.3 Å². The van der Waals surface area contributed by atoms with Crippen LogP contribution in [0, 0.1) is 0 Å². The molecule has 13 heteroatoms. The number of nitrogens with one attached hydrogen (secondary N) is 2. The molecule has 0 bridgehead atoms. The largest absolute Gasteiger partial charge is 0.497 e. The highest BCUT2D eigenvalue weighted by molar-refractivity contribution is 6.10. The fourth-order valence-corrected chi connectivity index (χ4v) is 3.61. The number of halogens is 3. The summed E-state index contributed by atoms with van der Waals surface area (Å²) in [5.74, 6) is -2.28. The topological polar surface area (TPSA) is 115 Å². The summed E-state index contributed by atoms with van der Waals surface area (Å²) in [6.07, 6.45) is -5.27. The van der Waals surface area contributed by atoms with E-state index in [2.05, 4.69) is 0 Å². The Hall–Kier alpha value is -4.16. The van der Waals surface area contributed by atoms with Crippen LogP contribution >= 0.6 is 0 Å². The predicted molar refractivity (Wildman–Crippen MR) is 119 cm³/mol. The number of hydrogen-bond donors (Lipinski definition) is 2. The minimum atomic E-state index is -5.36. The van der Waals surface area contributed by atoms with Crippen molar-refractivity contribution >= 4 is 17.8 Å². The fraction of sp³-hybridized carbons (Fsp3) is 0.348. The van der Waals surface area contributed by atoms with E-state index in [1.807, 2.05) is 0 Å². The molecule has 1 saturated heterocycles. The number of carbonyl (C=O) groups is 3. The molecule has 0 radical (unpaired) electrons. The third-order valence-corrected chi connectivity index (χ3v) is 5.54. The lowest BCUT2D eigenvalue weighted by atomic mass is 10.1. The average Bonchev–Trinajstić information content (AvgIpc) is 3.11. The highest BCUT2D eigenvalue weighted by atomic mass is 19.4. The molecule has 1 atom stereocenters. The van der Waals surface area contributed by atoms with Crippen molar-refractivity contribution in [2.24, 2.45) is 0 Å². The summed E-state index contributed by atoms with van der Waals surface area (Å²) in [6, 6.07) is 7.52. The van der Waals surface area contributed by atoms with Gasteiger partial charge in [-0.05, 0) is 36.2 Å². The van der Waals surface area contributed by atoms with Crippen molar-refractivity contribution in [2.75, 3.05) is 35.0 Å². The molecule has 1 aliphatic heterocycles. The van der Waals surface area contributed by atoms with Gasteiger partial charge in [-0.25, -0.2) is 4.79 Å². The first kappa shape index (κ1) is 26.4. The molecular weight excluding hydrogens is 487 g/mol. The summed E-state index contributed by atoms with van der Waals surface area (Å²) >= 11 is 0. The molecule has 2 aromatic carbocycles. The molecule has 36 heavy (non-hydrogen) atoms. The van der Waals surface area contributed by atoms with Gasteiger partial charge in [0.15, 0.2) is 11.5 Å². The SMILES string of the molecule is COc1ccc(CCN2C(=O)N[C@](NC(=O)c3cc(OC)c(OC)c(OC)c3)(C(F)(F)F)C2=O)cc1. The van der Waals surface area contributed by atoms with Crippen molar-refractivity contribution < 1.29 is 46.5 Å². The predicted octanol–water partition coefficient (Wildman–Crippen LogP) is 2.50. The molecular formula is C23H24F3N3O7. The Balaban J connectivity index is 1.88. The van der Waals surface area contributed by atoms with E-state index in [1.54, 1.807) is 34.9 Å². The monoisotopic (exact) mass is 511 g/mol. The lowest BCUT2D eigenvalue weighted by Gasteiger charge is -2.30. The Kier molecular flexibility index (Phi) is 7.51. The number of urea groups is 1. The lowest BCUT2D eigenvalue weighted by molar-refractivity contribution is -0.200. The van der Waals surface area contributed by atoms with Crippen LogP contribution in [0.5, 0.6) is 23.0 Å². The molecule has 0 aromatic heterocycles. The van der Waals surface area contributed by atoms with Crippen molar-refractivity contribution in [1.29, 1.82) is 0 Å². The van der Waals surface area contributed by atoms with Crippen LogP contribution < -0.4 is 29.6 Å². The lowest BCUT2D eigenvalue weighted by Crippen LogP contribution is -2.69. The number of hydrogen-bond acceptors (Lipinski definition) is 7. The number of nitrogens with zero attached hydrogens (tertiary/aromatic N) is 1. The number of rotatable bonds is 9. The van der Waals surface area contributed by atoms with Crippen molar-refractivity contribution in [3.05, 3.63) is 47.5 Å². The van der Waals surface area contributed by atoms with E-state index >= 15 is 0 Å². The van der Waals surface area contributed by atoms with Crippen LogP contribution in [-0.4, -0.2) is 69.6 Å². The first-order valence-corrected chi connectivity index (χ1v) is 10.5. The number of benzene rings is 2. The van der Waals surface area contributed by atoms with Crippen LogP contribution in [0.25, 0.3) is 0 Å². The summed E-state index contributed by atoms with van der Waals surface area (Å²) in [4.78, 5) is 38.7. The molecule has 0 spiro atoms. The zero-order chi connectivity index (χ0) is 26.7. The second-order valence-electron chi connectivity index (χ2n) is 7.60. The summed E-state index contributed by atoms with van der Waals surface area (Å²) in [5.41, 5.74) is -3.34. The van der Waals surface area contributed by atoms with Gasteiger partial charge in [0.2, 0.25) is 5.75 Å². The summed E-state index contributed by atoms with van der Waals surface area (Å²) < 4.78 is 63.0. The van der Waals surface area contributed by atoms with Crippen molar-refractivity contribution in [1.82, 2.24) is 15.5 Å². The average molecular weight is 511 g/mol. The number of carbonyl (C=O) groups excluding carboxylic acids is 3. The van der Waals surface area contributed by atoms with E-state index in [4.69, 9.17) is 18.9 Å². The van der Waals surface area contributed by atoms with E-state index in [0.717, 1.165) is 12.1 Å². The summed E-state index contributed by atoms with van der Waals surface area (Å²) in [6.45, 7) is -0.352. The minimum absolute atomic E-state index is 0.00552. The highest BCUT2D eigenvalue weighted by Crippen LogP contribution is 2.39. The molecule has 0 aliphatic carbocycles. The maximum Gasteiger partial charge on any atom is 0.440 e. The molecule has 194 valence electrons. The molecule has 1 heterocycles. The summed E-state index contributed by atoms with van der Waals surface area (Å²) in [5, 5.41) is 3.27. The van der Waals surface area contributed by atoms with Crippen LogP contribution in [0.3, 0.4) is 0 Å². The zero-order valence-corrected chi connectivity index (χ0v) is 19.8. The standard InChI is InChI=1S/C23H24F3N3O7/c1-33-15-7-5-13(6-8-15)9-10-29-20(31)22(23(24,25)26,28-21(29)32)27-19(30)14-11-16(34-2)18(36-4)17(12-14)35-3/h5-8,11-12H,9-10H2,1-4H3,(H,27,30)(H,28,32)/t22-/m0/s1. The second kappa shape index (κ2) is 10.2.